The minimum absolute atomic E-state index is 0.122. The SMILES string of the molecule is Cc1cc2c(cc1F)N(C)N(C)C2C(C)C. The van der Waals surface area contributed by atoms with Crippen molar-refractivity contribution >= 4 is 5.69 Å². The lowest BCUT2D eigenvalue weighted by atomic mass is 9.95. The van der Waals surface area contributed by atoms with Gasteiger partial charge in [0.25, 0.3) is 0 Å². The predicted molar refractivity (Wildman–Crippen MR) is 64.9 cm³/mol. The molecule has 1 aliphatic rings. The Morgan fingerprint density at radius 2 is 1.88 bits per heavy atom. The molecule has 2 rings (SSSR count). The highest BCUT2D eigenvalue weighted by atomic mass is 19.1. The summed E-state index contributed by atoms with van der Waals surface area (Å²) < 4.78 is 13.6. The third-order valence-corrected chi connectivity index (χ3v) is 3.48. The minimum Gasteiger partial charge on any atom is -0.308 e. The molecule has 16 heavy (non-hydrogen) atoms. The number of aryl methyl sites for hydroxylation is 1. The molecule has 1 aliphatic heterocycles. The number of hydrogen-bond donors (Lipinski definition) is 0. The van der Waals surface area contributed by atoms with Gasteiger partial charge in [-0.25, -0.2) is 9.40 Å². The fraction of sp³-hybridized carbons (Fsp3) is 0.538. The van der Waals surface area contributed by atoms with Crippen LogP contribution >= 0.6 is 0 Å². The van der Waals surface area contributed by atoms with E-state index in [2.05, 4.69) is 25.9 Å². The molecule has 0 spiro atoms. The van der Waals surface area contributed by atoms with Crippen molar-refractivity contribution in [2.75, 3.05) is 19.1 Å². The zero-order valence-corrected chi connectivity index (χ0v) is 10.6. The number of halogens is 1. The first-order valence-corrected chi connectivity index (χ1v) is 5.70. The molecule has 1 aromatic carbocycles. The predicted octanol–water partition coefficient (Wildman–Crippen LogP) is 3.13. The van der Waals surface area contributed by atoms with Gasteiger partial charge < -0.3 is 5.01 Å². The van der Waals surface area contributed by atoms with Crippen molar-refractivity contribution in [3.63, 3.8) is 0 Å². The Bertz CT molecular complexity index is 415. The van der Waals surface area contributed by atoms with Crippen LogP contribution in [0.25, 0.3) is 0 Å². The lowest BCUT2D eigenvalue weighted by Gasteiger charge is -2.29. The first-order valence-electron chi connectivity index (χ1n) is 5.70. The average Bonchev–Trinajstić information content (AvgIpc) is 2.42. The van der Waals surface area contributed by atoms with E-state index in [1.165, 1.54) is 5.56 Å². The molecule has 1 heterocycles. The van der Waals surface area contributed by atoms with Gasteiger partial charge in [0.05, 0.1) is 11.7 Å². The summed E-state index contributed by atoms with van der Waals surface area (Å²) in [6, 6.07) is 3.97. The molecule has 1 aromatic rings. The highest BCUT2D eigenvalue weighted by Crippen LogP contribution is 2.42. The lowest BCUT2D eigenvalue weighted by molar-refractivity contribution is 0.210. The molecule has 1 unspecified atom stereocenters. The average molecular weight is 222 g/mol. The maximum absolute atomic E-state index is 13.6. The van der Waals surface area contributed by atoms with E-state index < -0.39 is 0 Å². The quantitative estimate of drug-likeness (QED) is 0.720. The molecule has 0 fully saturated rings. The number of nitrogens with zero attached hydrogens (tertiary/aromatic N) is 2. The molecule has 0 amide bonds. The molecular formula is C13H19FN2. The molecule has 0 saturated heterocycles. The molecule has 3 heteroatoms. The molecule has 0 aliphatic carbocycles. The molecular weight excluding hydrogens is 203 g/mol. The van der Waals surface area contributed by atoms with Crippen molar-refractivity contribution in [1.82, 2.24) is 5.01 Å². The van der Waals surface area contributed by atoms with Gasteiger partial charge in [-0.3, -0.25) is 0 Å². The van der Waals surface area contributed by atoms with Crippen LogP contribution in [0.1, 0.15) is 31.0 Å². The fourth-order valence-electron chi connectivity index (χ4n) is 2.56. The van der Waals surface area contributed by atoms with Crippen LogP contribution in [0.3, 0.4) is 0 Å². The summed E-state index contributed by atoms with van der Waals surface area (Å²) in [4.78, 5) is 0. The van der Waals surface area contributed by atoms with Crippen LogP contribution in [0.15, 0.2) is 12.1 Å². The van der Waals surface area contributed by atoms with Crippen LogP contribution in [-0.4, -0.2) is 19.1 Å². The van der Waals surface area contributed by atoms with Crippen LogP contribution < -0.4 is 5.01 Å². The van der Waals surface area contributed by atoms with Gasteiger partial charge in [-0.1, -0.05) is 13.8 Å². The van der Waals surface area contributed by atoms with E-state index in [-0.39, 0.29) is 5.82 Å². The molecule has 0 saturated carbocycles. The number of hydrogen-bond acceptors (Lipinski definition) is 2. The third kappa shape index (κ3) is 1.50. The first kappa shape index (κ1) is 11.4. The summed E-state index contributed by atoms with van der Waals surface area (Å²) in [6.45, 7) is 6.22. The fourth-order valence-corrected chi connectivity index (χ4v) is 2.56. The minimum atomic E-state index is -0.122. The number of fused-ring (bicyclic) bond motifs is 1. The summed E-state index contributed by atoms with van der Waals surface area (Å²) in [5, 5.41) is 4.21. The second-order valence-electron chi connectivity index (χ2n) is 4.95. The molecule has 2 nitrogen and oxygen atoms in total. The lowest BCUT2D eigenvalue weighted by Crippen LogP contribution is -2.34. The van der Waals surface area contributed by atoms with Crippen molar-refractivity contribution in [3.05, 3.63) is 29.1 Å². The van der Waals surface area contributed by atoms with Crippen LogP contribution in [0.2, 0.25) is 0 Å². The zero-order chi connectivity index (χ0) is 12.0. The third-order valence-electron chi connectivity index (χ3n) is 3.48. The molecule has 88 valence electrons. The maximum atomic E-state index is 13.6. The Labute approximate surface area is 96.6 Å². The van der Waals surface area contributed by atoms with E-state index in [0.717, 1.165) is 11.3 Å². The van der Waals surface area contributed by atoms with Crippen LogP contribution in [0.5, 0.6) is 0 Å². The van der Waals surface area contributed by atoms with Gasteiger partial charge >= 0.3 is 0 Å². The summed E-state index contributed by atoms with van der Waals surface area (Å²) in [5.41, 5.74) is 2.95. The number of hydrazine groups is 1. The van der Waals surface area contributed by atoms with Gasteiger partial charge in [0.1, 0.15) is 5.82 Å². The van der Waals surface area contributed by atoms with Crippen molar-refractivity contribution in [2.45, 2.75) is 26.8 Å². The summed E-state index contributed by atoms with van der Waals surface area (Å²) >= 11 is 0. The Hall–Kier alpha value is -1.09. The van der Waals surface area contributed by atoms with Crippen LogP contribution in [0, 0.1) is 18.7 Å². The van der Waals surface area contributed by atoms with Crippen molar-refractivity contribution < 1.29 is 4.39 Å². The molecule has 0 radical (unpaired) electrons. The maximum Gasteiger partial charge on any atom is 0.128 e. The largest absolute Gasteiger partial charge is 0.308 e. The van der Waals surface area contributed by atoms with Crippen LogP contribution in [0.4, 0.5) is 10.1 Å². The van der Waals surface area contributed by atoms with E-state index in [0.29, 0.717) is 12.0 Å². The van der Waals surface area contributed by atoms with Crippen molar-refractivity contribution in [2.24, 2.45) is 5.92 Å². The number of benzene rings is 1. The van der Waals surface area contributed by atoms with Crippen molar-refractivity contribution in [3.8, 4) is 0 Å². The normalized spacial score (nSPS) is 20.7. The Morgan fingerprint density at radius 3 is 2.44 bits per heavy atom. The second-order valence-corrected chi connectivity index (χ2v) is 4.95. The van der Waals surface area contributed by atoms with E-state index in [1.54, 1.807) is 6.07 Å². The van der Waals surface area contributed by atoms with Crippen molar-refractivity contribution in [1.29, 1.82) is 0 Å². The van der Waals surface area contributed by atoms with Gasteiger partial charge in [0.15, 0.2) is 0 Å². The topological polar surface area (TPSA) is 6.48 Å². The second kappa shape index (κ2) is 3.74. The van der Waals surface area contributed by atoms with Gasteiger partial charge in [-0.15, -0.1) is 0 Å². The standard InChI is InChI=1S/C13H19FN2/c1-8(2)13-10-6-9(3)11(14)7-12(10)15(4)16(13)5/h6-8,13H,1-5H3. The Morgan fingerprint density at radius 1 is 1.25 bits per heavy atom. The smallest absolute Gasteiger partial charge is 0.128 e. The van der Waals surface area contributed by atoms with E-state index in [1.807, 2.05) is 25.0 Å². The van der Waals surface area contributed by atoms with Gasteiger partial charge in [-0.05, 0) is 36.1 Å². The Kier molecular flexibility index (Phi) is 2.66. The highest BCUT2D eigenvalue weighted by molar-refractivity contribution is 5.59. The number of rotatable bonds is 1. The molecule has 0 aromatic heterocycles. The van der Waals surface area contributed by atoms with E-state index in [9.17, 15) is 4.39 Å². The Balaban J connectivity index is 2.57. The van der Waals surface area contributed by atoms with Gasteiger partial charge in [0, 0.05) is 14.1 Å². The highest BCUT2D eigenvalue weighted by Gasteiger charge is 2.34. The molecule has 0 bridgehead atoms. The summed E-state index contributed by atoms with van der Waals surface area (Å²) in [7, 11) is 4.04. The van der Waals surface area contributed by atoms with Gasteiger partial charge in [-0.2, -0.15) is 0 Å². The molecule has 0 N–H and O–H groups in total. The summed E-state index contributed by atoms with van der Waals surface area (Å²) in [5.74, 6) is 0.391. The number of anilines is 1. The van der Waals surface area contributed by atoms with E-state index in [4.69, 9.17) is 0 Å². The first-order chi connectivity index (χ1) is 7.43. The monoisotopic (exact) mass is 222 g/mol. The molecule has 1 atom stereocenters. The summed E-state index contributed by atoms with van der Waals surface area (Å²) in [6.07, 6.45) is 0. The zero-order valence-electron chi connectivity index (χ0n) is 10.6. The van der Waals surface area contributed by atoms with Gasteiger partial charge in [0.2, 0.25) is 0 Å². The van der Waals surface area contributed by atoms with Crippen LogP contribution in [-0.2, 0) is 0 Å². The van der Waals surface area contributed by atoms with E-state index >= 15 is 0 Å².